The van der Waals surface area contributed by atoms with Gasteiger partial charge in [-0.3, -0.25) is 0 Å². The van der Waals surface area contributed by atoms with Crippen LogP contribution in [0.1, 0.15) is 26.7 Å². The zero-order valence-electron chi connectivity index (χ0n) is 6.39. The maximum atomic E-state index is 10.7. The molecule has 0 unspecified atom stereocenters. The molecule has 0 rings (SSSR count). The minimum absolute atomic E-state index is 0.427. The Morgan fingerprint density at radius 3 is 2.50 bits per heavy atom. The van der Waals surface area contributed by atoms with Gasteiger partial charge in [0.25, 0.3) is 0 Å². The van der Waals surface area contributed by atoms with E-state index in [0.29, 0.717) is 12.0 Å². The van der Waals surface area contributed by atoms with E-state index in [4.69, 9.17) is 0 Å². The lowest BCUT2D eigenvalue weighted by Crippen LogP contribution is -2.11. The van der Waals surface area contributed by atoms with Crippen molar-refractivity contribution in [3.8, 4) is 0 Å². The fourth-order valence-electron chi connectivity index (χ4n) is 0.694. The quantitative estimate of drug-likeness (QED) is 0.476. The lowest BCUT2D eigenvalue weighted by Gasteiger charge is -1.98. The number of carbonyl (C=O) groups excluding carboxylic acids is 1. The number of hydrogen-bond donors (Lipinski definition) is 1. The highest BCUT2D eigenvalue weighted by atomic mass is 16.7. The minimum atomic E-state index is -0.427. The summed E-state index contributed by atoms with van der Waals surface area (Å²) in [7, 11) is 0. The fraction of sp³-hybridized carbons (Fsp3) is 0.571. The van der Waals surface area contributed by atoms with Gasteiger partial charge in [-0.15, -0.1) is 0 Å². The van der Waals surface area contributed by atoms with Gasteiger partial charge in [-0.2, -0.15) is 5.90 Å². The highest BCUT2D eigenvalue weighted by Crippen LogP contribution is 2.02. The third kappa shape index (κ3) is 2.64. The highest BCUT2D eigenvalue weighted by Gasteiger charge is 2.05. The normalized spacial score (nSPS) is 11.3. The maximum Gasteiger partial charge on any atom is 0.352 e. The SMILES string of the molecule is CCC=C(CC)C(=O)ON. The Labute approximate surface area is 60.8 Å². The first-order valence-corrected chi connectivity index (χ1v) is 3.36. The molecule has 0 aromatic heterocycles. The third-order valence-electron chi connectivity index (χ3n) is 1.20. The van der Waals surface area contributed by atoms with Crippen LogP contribution in [0.4, 0.5) is 0 Å². The van der Waals surface area contributed by atoms with Crippen molar-refractivity contribution in [3.05, 3.63) is 11.6 Å². The summed E-state index contributed by atoms with van der Waals surface area (Å²) >= 11 is 0. The molecule has 0 bridgehead atoms. The van der Waals surface area contributed by atoms with Crippen molar-refractivity contribution < 1.29 is 9.63 Å². The summed E-state index contributed by atoms with van der Waals surface area (Å²) in [6.45, 7) is 3.85. The van der Waals surface area contributed by atoms with Gasteiger partial charge in [0.2, 0.25) is 0 Å². The molecule has 0 spiro atoms. The number of carbonyl (C=O) groups is 1. The fourth-order valence-corrected chi connectivity index (χ4v) is 0.694. The Balaban J connectivity index is 4.06. The van der Waals surface area contributed by atoms with Gasteiger partial charge in [-0.1, -0.05) is 19.9 Å². The van der Waals surface area contributed by atoms with Crippen molar-refractivity contribution in [2.75, 3.05) is 0 Å². The smallest absolute Gasteiger partial charge is 0.352 e. The van der Waals surface area contributed by atoms with Crippen molar-refractivity contribution in [1.82, 2.24) is 0 Å². The number of hydrogen-bond acceptors (Lipinski definition) is 3. The maximum absolute atomic E-state index is 10.7. The monoisotopic (exact) mass is 143 g/mol. The summed E-state index contributed by atoms with van der Waals surface area (Å²) in [5.74, 6) is 4.26. The van der Waals surface area contributed by atoms with Gasteiger partial charge in [0.15, 0.2) is 0 Å². The first-order valence-electron chi connectivity index (χ1n) is 3.36. The molecule has 3 nitrogen and oxygen atoms in total. The Morgan fingerprint density at radius 1 is 1.60 bits per heavy atom. The number of allylic oxidation sites excluding steroid dienone is 1. The molecule has 0 aliphatic heterocycles. The van der Waals surface area contributed by atoms with Crippen LogP contribution in [0.25, 0.3) is 0 Å². The molecule has 0 amide bonds. The van der Waals surface area contributed by atoms with Gasteiger partial charge in [-0.05, 0) is 12.8 Å². The predicted octanol–water partition coefficient (Wildman–Crippen LogP) is 1.15. The van der Waals surface area contributed by atoms with Gasteiger partial charge in [0, 0.05) is 5.57 Å². The molecule has 0 radical (unpaired) electrons. The summed E-state index contributed by atoms with van der Waals surface area (Å²) in [6.07, 6.45) is 3.32. The van der Waals surface area contributed by atoms with E-state index in [0.717, 1.165) is 6.42 Å². The summed E-state index contributed by atoms with van der Waals surface area (Å²) < 4.78 is 0. The number of nitrogens with two attached hydrogens (primary N) is 1. The summed E-state index contributed by atoms with van der Waals surface area (Å²) in [4.78, 5) is 14.8. The zero-order valence-corrected chi connectivity index (χ0v) is 6.39. The van der Waals surface area contributed by atoms with E-state index in [1.165, 1.54) is 0 Å². The Morgan fingerprint density at radius 2 is 2.20 bits per heavy atom. The van der Waals surface area contributed by atoms with Crippen LogP contribution in [-0.2, 0) is 9.63 Å². The topological polar surface area (TPSA) is 52.3 Å². The van der Waals surface area contributed by atoms with E-state index < -0.39 is 5.97 Å². The first kappa shape index (κ1) is 9.17. The van der Waals surface area contributed by atoms with Gasteiger partial charge < -0.3 is 4.84 Å². The van der Waals surface area contributed by atoms with Crippen molar-refractivity contribution in [1.29, 1.82) is 0 Å². The van der Waals surface area contributed by atoms with Crippen LogP contribution in [0.3, 0.4) is 0 Å². The molecule has 0 fully saturated rings. The molecule has 0 aliphatic carbocycles. The van der Waals surface area contributed by atoms with Gasteiger partial charge in [-0.25, -0.2) is 4.79 Å². The molecule has 3 heteroatoms. The van der Waals surface area contributed by atoms with E-state index in [-0.39, 0.29) is 0 Å². The van der Waals surface area contributed by atoms with E-state index in [1.54, 1.807) is 0 Å². The van der Waals surface area contributed by atoms with Gasteiger partial charge in [0.05, 0.1) is 0 Å². The molecule has 58 valence electrons. The molecule has 0 saturated carbocycles. The average Bonchev–Trinajstić information content (AvgIpc) is 1.99. The number of rotatable bonds is 3. The van der Waals surface area contributed by atoms with Gasteiger partial charge >= 0.3 is 5.97 Å². The van der Waals surface area contributed by atoms with Crippen molar-refractivity contribution >= 4 is 5.97 Å². The van der Waals surface area contributed by atoms with Crippen LogP contribution >= 0.6 is 0 Å². The molecular weight excluding hydrogens is 130 g/mol. The van der Waals surface area contributed by atoms with E-state index in [1.807, 2.05) is 19.9 Å². The molecule has 2 N–H and O–H groups in total. The van der Waals surface area contributed by atoms with E-state index in [9.17, 15) is 4.79 Å². The Hall–Kier alpha value is -0.830. The lowest BCUT2D eigenvalue weighted by molar-refractivity contribution is -0.139. The first-order chi connectivity index (χ1) is 4.76. The Kier molecular flexibility index (Phi) is 4.58. The molecular formula is C7H13NO2. The molecule has 0 aromatic rings. The van der Waals surface area contributed by atoms with Crippen LogP contribution in [0.5, 0.6) is 0 Å². The summed E-state index contributed by atoms with van der Waals surface area (Å²) in [5.41, 5.74) is 0.644. The molecule has 10 heavy (non-hydrogen) atoms. The highest BCUT2D eigenvalue weighted by molar-refractivity contribution is 5.87. The second kappa shape index (κ2) is 4.99. The molecule has 0 aliphatic rings. The summed E-state index contributed by atoms with van der Waals surface area (Å²) in [5, 5.41) is 0. The molecule has 0 saturated heterocycles. The van der Waals surface area contributed by atoms with Crippen LogP contribution in [0.15, 0.2) is 11.6 Å². The zero-order chi connectivity index (χ0) is 7.98. The molecule has 0 atom stereocenters. The predicted molar refractivity (Wildman–Crippen MR) is 38.9 cm³/mol. The summed E-state index contributed by atoms with van der Waals surface area (Å²) in [6, 6.07) is 0. The van der Waals surface area contributed by atoms with Crippen LogP contribution < -0.4 is 5.90 Å². The lowest BCUT2D eigenvalue weighted by atomic mass is 10.2. The van der Waals surface area contributed by atoms with Crippen LogP contribution in [-0.4, -0.2) is 5.97 Å². The largest absolute Gasteiger partial charge is 0.370 e. The van der Waals surface area contributed by atoms with Crippen molar-refractivity contribution in [2.24, 2.45) is 5.90 Å². The molecule has 0 aromatic carbocycles. The second-order valence-corrected chi connectivity index (χ2v) is 1.90. The van der Waals surface area contributed by atoms with Crippen molar-refractivity contribution in [3.63, 3.8) is 0 Å². The van der Waals surface area contributed by atoms with Crippen molar-refractivity contribution in [2.45, 2.75) is 26.7 Å². The van der Waals surface area contributed by atoms with E-state index >= 15 is 0 Å². The second-order valence-electron chi connectivity index (χ2n) is 1.90. The standard InChI is InChI=1S/C7H13NO2/c1-3-5-6(4-2)7(9)10-8/h5H,3-4,8H2,1-2H3. The average molecular weight is 143 g/mol. The van der Waals surface area contributed by atoms with E-state index in [2.05, 4.69) is 10.7 Å². The minimum Gasteiger partial charge on any atom is -0.370 e. The third-order valence-corrected chi connectivity index (χ3v) is 1.20. The van der Waals surface area contributed by atoms with Crippen LogP contribution in [0, 0.1) is 0 Å². The van der Waals surface area contributed by atoms with Crippen LogP contribution in [0.2, 0.25) is 0 Å². The molecule has 0 heterocycles. The van der Waals surface area contributed by atoms with Gasteiger partial charge in [0.1, 0.15) is 0 Å². The Bertz CT molecular complexity index is 141.